The number of benzene rings is 2. The van der Waals surface area contributed by atoms with Crippen LogP contribution in [0.25, 0.3) is 5.70 Å². The third-order valence-electron chi connectivity index (χ3n) is 5.62. The molecule has 32 heavy (non-hydrogen) atoms. The highest BCUT2D eigenvalue weighted by molar-refractivity contribution is 6.42. The van der Waals surface area contributed by atoms with Crippen molar-refractivity contribution in [2.45, 2.75) is 12.1 Å². The Hall–Kier alpha value is -3.06. The Balaban J connectivity index is 1.64. The predicted molar refractivity (Wildman–Crippen MR) is 124 cm³/mol. The zero-order valence-corrected chi connectivity index (χ0v) is 18.6. The molecule has 0 fully saturated rings. The zero-order chi connectivity index (χ0) is 21.8. The fourth-order valence-corrected chi connectivity index (χ4v) is 4.73. The summed E-state index contributed by atoms with van der Waals surface area (Å²) in [6.07, 6.45) is 4.64. The molecule has 4 heterocycles. The molecule has 0 spiro atoms. The molecule has 2 aliphatic heterocycles. The van der Waals surface area contributed by atoms with Crippen molar-refractivity contribution < 1.29 is 4.74 Å². The van der Waals surface area contributed by atoms with E-state index >= 15 is 0 Å². The largest absolute Gasteiger partial charge is 0.480 e. The van der Waals surface area contributed by atoms with E-state index < -0.39 is 6.10 Å². The van der Waals surface area contributed by atoms with Gasteiger partial charge in [0.15, 0.2) is 0 Å². The number of fused-ring (bicyclic) bond motifs is 3. The van der Waals surface area contributed by atoms with E-state index in [-0.39, 0.29) is 6.04 Å². The molecule has 0 bridgehead atoms. The molecular weight excluding hydrogens is 469 g/mol. The summed E-state index contributed by atoms with van der Waals surface area (Å²) in [5, 5.41) is 9.48. The van der Waals surface area contributed by atoms with Crippen molar-refractivity contribution in [1.82, 2.24) is 19.7 Å². The lowest BCUT2D eigenvalue weighted by atomic mass is 9.85. The second kappa shape index (κ2) is 7.52. The van der Waals surface area contributed by atoms with Gasteiger partial charge in [0.2, 0.25) is 5.95 Å². The van der Waals surface area contributed by atoms with Gasteiger partial charge >= 0.3 is 0 Å². The van der Waals surface area contributed by atoms with Gasteiger partial charge in [-0.05, 0) is 47.5 Å². The van der Waals surface area contributed by atoms with Crippen molar-refractivity contribution in [2.75, 3.05) is 5.32 Å². The molecule has 0 unspecified atom stereocenters. The molecule has 0 radical (unpaired) electrons. The maximum atomic E-state index is 6.54. The van der Waals surface area contributed by atoms with E-state index in [4.69, 9.17) is 39.5 Å². The SMILES string of the molecule is Clc1ccc2c(c1)C1=C([C@H](c3ccc(Cl)c(Cl)c3)O2)[C@@H](c2cccnc2)n2ncnc2N1. The lowest BCUT2D eigenvalue weighted by Crippen LogP contribution is -2.32. The number of halogens is 3. The van der Waals surface area contributed by atoms with Gasteiger partial charge in [-0.25, -0.2) is 4.68 Å². The van der Waals surface area contributed by atoms with Crippen molar-refractivity contribution in [3.63, 3.8) is 0 Å². The van der Waals surface area contributed by atoms with Gasteiger partial charge in [0.1, 0.15) is 24.2 Å². The van der Waals surface area contributed by atoms with E-state index in [2.05, 4.69) is 20.4 Å². The lowest BCUT2D eigenvalue weighted by molar-refractivity contribution is 0.223. The zero-order valence-electron chi connectivity index (χ0n) is 16.3. The van der Waals surface area contributed by atoms with E-state index in [0.29, 0.717) is 26.8 Å². The molecule has 2 aliphatic rings. The molecule has 6 nitrogen and oxygen atoms in total. The fraction of sp³-hybridized carbons (Fsp3) is 0.0870. The summed E-state index contributed by atoms with van der Waals surface area (Å²) in [6, 6.07) is 14.7. The molecule has 158 valence electrons. The number of ether oxygens (including phenoxy) is 1. The maximum Gasteiger partial charge on any atom is 0.226 e. The van der Waals surface area contributed by atoms with E-state index in [1.807, 2.05) is 53.3 Å². The number of hydrogen-bond donors (Lipinski definition) is 1. The molecule has 1 N–H and O–H groups in total. The number of nitrogens with one attached hydrogen (secondary N) is 1. The van der Waals surface area contributed by atoms with Gasteiger partial charge in [0.05, 0.1) is 15.7 Å². The number of hydrogen-bond acceptors (Lipinski definition) is 5. The quantitative estimate of drug-likeness (QED) is 0.369. The minimum absolute atomic E-state index is 0.302. The van der Waals surface area contributed by atoms with E-state index in [9.17, 15) is 0 Å². The number of pyridine rings is 1. The van der Waals surface area contributed by atoms with Crippen LogP contribution in [0.1, 0.15) is 28.8 Å². The molecule has 2 atom stereocenters. The monoisotopic (exact) mass is 481 g/mol. The summed E-state index contributed by atoms with van der Waals surface area (Å²) < 4.78 is 8.37. The van der Waals surface area contributed by atoms with E-state index in [1.54, 1.807) is 12.3 Å². The Morgan fingerprint density at radius 2 is 1.88 bits per heavy atom. The highest BCUT2D eigenvalue weighted by Gasteiger charge is 2.41. The first-order valence-electron chi connectivity index (χ1n) is 9.82. The van der Waals surface area contributed by atoms with Crippen molar-refractivity contribution in [1.29, 1.82) is 0 Å². The molecule has 0 saturated heterocycles. The first kappa shape index (κ1) is 19.6. The normalized spacial score (nSPS) is 18.8. The van der Waals surface area contributed by atoms with Gasteiger partial charge < -0.3 is 10.1 Å². The van der Waals surface area contributed by atoms with Crippen LogP contribution in [0.15, 0.2) is 72.8 Å². The third kappa shape index (κ3) is 3.06. The Labute approximate surface area is 198 Å². The maximum absolute atomic E-state index is 6.54. The van der Waals surface area contributed by atoms with Crippen LogP contribution in [0.3, 0.4) is 0 Å². The number of nitrogens with zero attached hydrogens (tertiary/aromatic N) is 4. The second-order valence-corrected chi connectivity index (χ2v) is 8.74. The molecule has 0 amide bonds. The lowest BCUT2D eigenvalue weighted by Gasteiger charge is -2.39. The van der Waals surface area contributed by atoms with Crippen LogP contribution in [0.4, 0.5) is 5.95 Å². The highest BCUT2D eigenvalue weighted by Crippen LogP contribution is 2.51. The summed E-state index contributed by atoms with van der Waals surface area (Å²) in [5.41, 5.74) is 4.49. The van der Waals surface area contributed by atoms with Gasteiger partial charge in [-0.3, -0.25) is 4.98 Å². The highest BCUT2D eigenvalue weighted by atomic mass is 35.5. The summed E-state index contributed by atoms with van der Waals surface area (Å²) >= 11 is 18.9. The van der Waals surface area contributed by atoms with Gasteiger partial charge in [-0.1, -0.05) is 46.9 Å². The van der Waals surface area contributed by atoms with Crippen molar-refractivity contribution in [2.24, 2.45) is 0 Å². The summed E-state index contributed by atoms with van der Waals surface area (Å²) in [6.45, 7) is 0. The molecule has 2 aromatic carbocycles. The summed E-state index contributed by atoms with van der Waals surface area (Å²) in [5.74, 6) is 1.33. The van der Waals surface area contributed by atoms with E-state index in [1.165, 1.54) is 6.33 Å². The molecular formula is C23H14Cl3N5O. The second-order valence-electron chi connectivity index (χ2n) is 7.48. The Kier molecular flexibility index (Phi) is 4.61. The van der Waals surface area contributed by atoms with Crippen LogP contribution < -0.4 is 10.1 Å². The van der Waals surface area contributed by atoms with Crippen molar-refractivity contribution in [3.8, 4) is 5.75 Å². The molecule has 4 aromatic rings. The Bertz CT molecular complexity index is 1390. The average Bonchev–Trinajstić information content (AvgIpc) is 3.28. The number of anilines is 1. The molecule has 6 rings (SSSR count). The number of aromatic nitrogens is 4. The third-order valence-corrected chi connectivity index (χ3v) is 6.60. The van der Waals surface area contributed by atoms with Gasteiger partial charge in [0, 0.05) is 28.6 Å². The van der Waals surface area contributed by atoms with Crippen LogP contribution in [-0.2, 0) is 0 Å². The average molecular weight is 483 g/mol. The minimum Gasteiger partial charge on any atom is -0.480 e. The first-order valence-corrected chi connectivity index (χ1v) is 11.0. The molecule has 0 aliphatic carbocycles. The Morgan fingerprint density at radius 3 is 2.69 bits per heavy atom. The van der Waals surface area contributed by atoms with Crippen LogP contribution in [0.2, 0.25) is 15.1 Å². The Morgan fingerprint density at radius 1 is 0.969 bits per heavy atom. The standard InChI is InChI=1S/C23H14Cl3N5O/c24-14-4-6-18-15(9-14)20-19(22(32-18)12-3-5-16(25)17(26)8-12)21(13-2-1-7-27-10-13)31-23(30-20)28-11-29-31/h1-11,21-22H,(H,28,29,30)/t21-,22+/m1/s1. The van der Waals surface area contributed by atoms with Crippen molar-refractivity contribution >= 4 is 46.4 Å². The van der Waals surface area contributed by atoms with Gasteiger partial charge in [0.25, 0.3) is 0 Å². The topological polar surface area (TPSA) is 64.9 Å². The van der Waals surface area contributed by atoms with Crippen LogP contribution >= 0.6 is 34.8 Å². The van der Waals surface area contributed by atoms with Crippen LogP contribution in [0.5, 0.6) is 5.75 Å². The molecule has 9 heteroatoms. The summed E-state index contributed by atoms with van der Waals surface area (Å²) in [4.78, 5) is 8.75. The fourth-order valence-electron chi connectivity index (χ4n) is 4.25. The predicted octanol–water partition coefficient (Wildman–Crippen LogP) is 6.19. The molecule has 2 aromatic heterocycles. The minimum atomic E-state index is -0.455. The summed E-state index contributed by atoms with van der Waals surface area (Å²) in [7, 11) is 0. The molecule has 0 saturated carbocycles. The van der Waals surface area contributed by atoms with Gasteiger partial charge in [-0.2, -0.15) is 10.1 Å². The van der Waals surface area contributed by atoms with Gasteiger partial charge in [-0.15, -0.1) is 0 Å². The first-order chi connectivity index (χ1) is 15.6. The van der Waals surface area contributed by atoms with Crippen LogP contribution in [0, 0.1) is 0 Å². The van der Waals surface area contributed by atoms with Crippen molar-refractivity contribution in [3.05, 3.63) is 105 Å². The van der Waals surface area contributed by atoms with E-state index in [0.717, 1.165) is 28.0 Å². The number of rotatable bonds is 2. The smallest absolute Gasteiger partial charge is 0.226 e. The van der Waals surface area contributed by atoms with Crippen LogP contribution in [-0.4, -0.2) is 19.7 Å².